The van der Waals surface area contributed by atoms with Crippen LogP contribution < -0.4 is 5.32 Å². The van der Waals surface area contributed by atoms with Gasteiger partial charge in [-0.1, -0.05) is 17.7 Å². The number of likely N-dealkylation sites (N-methyl/N-ethyl adjacent to an activating group) is 1. The van der Waals surface area contributed by atoms with Gasteiger partial charge in [-0.05, 0) is 39.6 Å². The minimum atomic E-state index is -0.331. The van der Waals surface area contributed by atoms with E-state index in [2.05, 4.69) is 15.1 Å². The minimum Gasteiger partial charge on any atom is -0.392 e. The van der Waals surface area contributed by atoms with Gasteiger partial charge in [0.2, 0.25) is 5.91 Å². The Morgan fingerprint density at radius 1 is 1.38 bits per heavy atom. The molecule has 2 N–H and O–H groups in total. The molecule has 0 aliphatic carbocycles. The van der Waals surface area contributed by atoms with E-state index in [4.69, 9.17) is 0 Å². The number of β-amino-alcohol motifs (C(OH)–C–C–N with tert-alkyl or cyclic N) is 1. The Balaban J connectivity index is 1.90. The summed E-state index contributed by atoms with van der Waals surface area (Å²) in [4.78, 5) is 16.3. The van der Waals surface area contributed by atoms with E-state index in [9.17, 15) is 9.90 Å². The summed E-state index contributed by atoms with van der Waals surface area (Å²) in [6.45, 7) is 3.77. The summed E-state index contributed by atoms with van der Waals surface area (Å²) >= 11 is 0. The number of hydrogen-bond acceptors (Lipinski definition) is 4. The van der Waals surface area contributed by atoms with Crippen LogP contribution in [0.25, 0.3) is 0 Å². The number of anilines is 1. The van der Waals surface area contributed by atoms with Crippen LogP contribution >= 0.6 is 0 Å². The monoisotopic (exact) mass is 291 g/mol. The van der Waals surface area contributed by atoms with Crippen molar-refractivity contribution in [1.82, 2.24) is 9.80 Å². The molecule has 0 radical (unpaired) electrons. The maximum atomic E-state index is 12.1. The molecular formula is C16H25N3O2. The molecule has 5 heteroatoms. The van der Waals surface area contributed by atoms with Gasteiger partial charge in [0.25, 0.3) is 0 Å². The van der Waals surface area contributed by atoms with E-state index in [0.717, 1.165) is 18.7 Å². The van der Waals surface area contributed by atoms with Crippen molar-refractivity contribution in [1.29, 1.82) is 0 Å². The van der Waals surface area contributed by atoms with E-state index < -0.39 is 0 Å². The first-order valence-electron chi connectivity index (χ1n) is 7.37. The van der Waals surface area contributed by atoms with Crippen LogP contribution in [-0.4, -0.2) is 66.7 Å². The van der Waals surface area contributed by atoms with Crippen LogP contribution in [0.3, 0.4) is 0 Å². The quantitative estimate of drug-likeness (QED) is 0.847. The first-order valence-corrected chi connectivity index (χ1v) is 7.37. The summed E-state index contributed by atoms with van der Waals surface area (Å²) in [7, 11) is 4.02. The lowest BCUT2D eigenvalue weighted by Crippen LogP contribution is -2.41. The first-order chi connectivity index (χ1) is 9.94. The van der Waals surface area contributed by atoms with Gasteiger partial charge in [0.1, 0.15) is 0 Å². The third kappa shape index (κ3) is 4.81. The number of benzene rings is 1. The number of nitrogens with one attached hydrogen (secondary N) is 1. The number of rotatable bonds is 5. The molecule has 2 rings (SSSR count). The molecule has 0 spiro atoms. The maximum absolute atomic E-state index is 12.1. The average molecular weight is 291 g/mol. The van der Waals surface area contributed by atoms with Crippen LogP contribution in [0.2, 0.25) is 0 Å². The van der Waals surface area contributed by atoms with Crippen LogP contribution in [-0.2, 0) is 4.79 Å². The van der Waals surface area contributed by atoms with Crippen molar-refractivity contribution < 1.29 is 9.90 Å². The van der Waals surface area contributed by atoms with Crippen molar-refractivity contribution in [3.8, 4) is 0 Å². The molecule has 2 unspecified atom stereocenters. The standard InChI is InChI=1S/C16H25N3O2/c1-12-4-6-13(7-5-12)17-16(21)11-19-10-15(20)8-14(19)9-18(2)3/h4-7,14-15,20H,8-11H2,1-3H3,(H,17,21). The van der Waals surface area contributed by atoms with Crippen LogP contribution in [0.1, 0.15) is 12.0 Å². The summed E-state index contributed by atoms with van der Waals surface area (Å²) in [6, 6.07) is 8.00. The highest BCUT2D eigenvalue weighted by molar-refractivity contribution is 5.92. The summed E-state index contributed by atoms with van der Waals surface area (Å²) in [6.07, 6.45) is 0.401. The van der Waals surface area contributed by atoms with Crippen molar-refractivity contribution in [3.05, 3.63) is 29.8 Å². The smallest absolute Gasteiger partial charge is 0.238 e. The van der Waals surface area contributed by atoms with Crippen molar-refractivity contribution in [2.45, 2.75) is 25.5 Å². The van der Waals surface area contributed by atoms with Gasteiger partial charge >= 0.3 is 0 Å². The average Bonchev–Trinajstić information content (AvgIpc) is 2.71. The van der Waals surface area contributed by atoms with Gasteiger partial charge < -0.3 is 15.3 Å². The van der Waals surface area contributed by atoms with Gasteiger partial charge in [0, 0.05) is 24.8 Å². The van der Waals surface area contributed by atoms with E-state index in [1.807, 2.05) is 45.3 Å². The number of carbonyl (C=O) groups is 1. The SMILES string of the molecule is Cc1ccc(NC(=O)CN2CC(O)CC2CN(C)C)cc1. The Hall–Kier alpha value is -1.43. The number of carbonyl (C=O) groups excluding carboxylic acids is 1. The number of amides is 1. The van der Waals surface area contributed by atoms with E-state index in [0.29, 0.717) is 13.1 Å². The van der Waals surface area contributed by atoms with Crippen molar-refractivity contribution in [2.75, 3.05) is 39.0 Å². The Bertz CT molecular complexity index is 473. The van der Waals surface area contributed by atoms with Gasteiger partial charge in [-0.3, -0.25) is 9.69 Å². The Kier molecular flexibility index (Phi) is 5.33. The highest BCUT2D eigenvalue weighted by Gasteiger charge is 2.32. The summed E-state index contributed by atoms with van der Waals surface area (Å²) in [5.74, 6) is -0.0308. The summed E-state index contributed by atoms with van der Waals surface area (Å²) in [5, 5.41) is 12.7. The summed E-state index contributed by atoms with van der Waals surface area (Å²) in [5.41, 5.74) is 1.98. The second kappa shape index (κ2) is 7.02. The molecule has 2 atom stereocenters. The first kappa shape index (κ1) is 15.9. The number of hydrogen-bond donors (Lipinski definition) is 2. The lowest BCUT2D eigenvalue weighted by Gasteiger charge is -2.26. The van der Waals surface area contributed by atoms with E-state index in [-0.39, 0.29) is 18.1 Å². The molecule has 0 saturated carbocycles. The van der Waals surface area contributed by atoms with E-state index in [1.165, 1.54) is 5.56 Å². The number of aliphatic hydroxyl groups excluding tert-OH is 1. The zero-order valence-corrected chi connectivity index (χ0v) is 13.0. The molecule has 1 amide bonds. The molecule has 116 valence electrons. The molecule has 21 heavy (non-hydrogen) atoms. The van der Waals surface area contributed by atoms with Gasteiger partial charge in [0.05, 0.1) is 12.6 Å². The predicted molar refractivity (Wildman–Crippen MR) is 84.3 cm³/mol. The molecule has 1 heterocycles. The molecule has 1 aromatic rings. The van der Waals surface area contributed by atoms with E-state index >= 15 is 0 Å². The molecule has 1 aliphatic rings. The van der Waals surface area contributed by atoms with Crippen LogP contribution in [0, 0.1) is 6.92 Å². The predicted octanol–water partition coefficient (Wildman–Crippen LogP) is 0.930. The number of aryl methyl sites for hydroxylation is 1. The Morgan fingerprint density at radius 3 is 2.67 bits per heavy atom. The molecule has 1 fully saturated rings. The molecule has 1 saturated heterocycles. The van der Waals surface area contributed by atoms with Gasteiger partial charge in [-0.15, -0.1) is 0 Å². The Labute approximate surface area is 126 Å². The van der Waals surface area contributed by atoms with Crippen LogP contribution in [0.15, 0.2) is 24.3 Å². The molecule has 1 aromatic carbocycles. The van der Waals surface area contributed by atoms with Crippen LogP contribution in [0.5, 0.6) is 0 Å². The summed E-state index contributed by atoms with van der Waals surface area (Å²) < 4.78 is 0. The number of likely N-dealkylation sites (tertiary alicyclic amines) is 1. The third-order valence-corrected chi connectivity index (χ3v) is 3.76. The number of aliphatic hydroxyl groups is 1. The lowest BCUT2D eigenvalue weighted by atomic mass is 10.2. The molecule has 5 nitrogen and oxygen atoms in total. The fraction of sp³-hybridized carbons (Fsp3) is 0.562. The van der Waals surface area contributed by atoms with Gasteiger partial charge in [-0.2, -0.15) is 0 Å². The second-order valence-electron chi connectivity index (χ2n) is 6.15. The van der Waals surface area contributed by atoms with Gasteiger partial charge in [-0.25, -0.2) is 0 Å². The highest BCUT2D eigenvalue weighted by atomic mass is 16.3. The molecular weight excluding hydrogens is 266 g/mol. The Morgan fingerprint density at radius 2 is 2.05 bits per heavy atom. The van der Waals surface area contributed by atoms with Gasteiger partial charge in [0.15, 0.2) is 0 Å². The zero-order valence-electron chi connectivity index (χ0n) is 13.0. The largest absolute Gasteiger partial charge is 0.392 e. The van der Waals surface area contributed by atoms with Crippen molar-refractivity contribution >= 4 is 11.6 Å². The fourth-order valence-electron chi connectivity index (χ4n) is 2.78. The van der Waals surface area contributed by atoms with Crippen molar-refractivity contribution in [2.24, 2.45) is 0 Å². The maximum Gasteiger partial charge on any atom is 0.238 e. The second-order valence-corrected chi connectivity index (χ2v) is 6.15. The van der Waals surface area contributed by atoms with Crippen molar-refractivity contribution in [3.63, 3.8) is 0 Å². The zero-order chi connectivity index (χ0) is 15.4. The third-order valence-electron chi connectivity index (χ3n) is 3.76. The lowest BCUT2D eigenvalue weighted by molar-refractivity contribution is -0.117. The van der Waals surface area contributed by atoms with Crippen LogP contribution in [0.4, 0.5) is 5.69 Å². The molecule has 0 aromatic heterocycles. The highest BCUT2D eigenvalue weighted by Crippen LogP contribution is 2.18. The molecule has 1 aliphatic heterocycles. The van der Waals surface area contributed by atoms with E-state index in [1.54, 1.807) is 0 Å². The molecule has 0 bridgehead atoms. The number of nitrogens with zero attached hydrogens (tertiary/aromatic N) is 2. The minimum absolute atomic E-state index is 0.0308. The normalized spacial score (nSPS) is 22.7. The fourth-order valence-corrected chi connectivity index (χ4v) is 2.78. The topological polar surface area (TPSA) is 55.8 Å².